The van der Waals surface area contributed by atoms with E-state index < -0.39 is 0 Å². The maximum atomic E-state index is 5.22. The van der Waals surface area contributed by atoms with E-state index in [1.54, 1.807) is 13.3 Å². The zero-order chi connectivity index (χ0) is 10.3. The normalized spacial score (nSPS) is 22.1. The summed E-state index contributed by atoms with van der Waals surface area (Å²) in [5.74, 6) is 0.944. The molecule has 1 spiro atoms. The molecule has 3 heterocycles. The lowest BCUT2D eigenvalue weighted by Gasteiger charge is -2.55. The van der Waals surface area contributed by atoms with Crippen LogP contribution in [0, 0.1) is 5.41 Å². The van der Waals surface area contributed by atoms with E-state index in [1.807, 2.05) is 6.07 Å². The van der Waals surface area contributed by atoms with Gasteiger partial charge in [0, 0.05) is 19.3 Å². The van der Waals surface area contributed by atoms with Gasteiger partial charge in [0.15, 0.2) is 0 Å². The summed E-state index contributed by atoms with van der Waals surface area (Å²) >= 11 is 0. The smallest absolute Gasteiger partial charge is 0.318 e. The zero-order valence-corrected chi connectivity index (χ0v) is 8.64. The van der Waals surface area contributed by atoms with Gasteiger partial charge in [-0.2, -0.15) is 4.98 Å². The van der Waals surface area contributed by atoms with Gasteiger partial charge < -0.3 is 14.4 Å². The van der Waals surface area contributed by atoms with Crippen molar-refractivity contribution < 1.29 is 9.47 Å². The van der Waals surface area contributed by atoms with E-state index >= 15 is 0 Å². The van der Waals surface area contributed by atoms with E-state index in [-0.39, 0.29) is 0 Å². The molecule has 0 saturated carbocycles. The second kappa shape index (κ2) is 3.06. The molecule has 1 aromatic rings. The lowest BCUT2D eigenvalue weighted by Crippen LogP contribution is -2.66. The van der Waals surface area contributed by atoms with Crippen molar-refractivity contribution in [3.63, 3.8) is 0 Å². The molecule has 0 aliphatic carbocycles. The number of methoxy groups -OCH3 is 1. The standard InChI is InChI=1S/C10H13N3O2/c1-14-9-11-3-2-8(12-9)13-4-10(5-13)6-15-7-10/h2-3H,4-7H2,1H3. The molecule has 0 amide bonds. The molecule has 0 aromatic carbocycles. The molecule has 2 aliphatic heterocycles. The topological polar surface area (TPSA) is 47.5 Å². The van der Waals surface area contributed by atoms with Gasteiger partial charge >= 0.3 is 6.01 Å². The van der Waals surface area contributed by atoms with Crippen molar-refractivity contribution in [2.75, 3.05) is 38.3 Å². The van der Waals surface area contributed by atoms with E-state index in [9.17, 15) is 0 Å². The molecular formula is C10H13N3O2. The number of hydrogen-bond donors (Lipinski definition) is 0. The van der Waals surface area contributed by atoms with Crippen molar-refractivity contribution >= 4 is 5.82 Å². The highest BCUT2D eigenvalue weighted by molar-refractivity contribution is 5.43. The molecule has 2 saturated heterocycles. The third-order valence-corrected chi connectivity index (χ3v) is 2.99. The summed E-state index contributed by atoms with van der Waals surface area (Å²) in [5, 5.41) is 0. The van der Waals surface area contributed by atoms with Gasteiger partial charge in [0.05, 0.1) is 25.7 Å². The van der Waals surface area contributed by atoms with Gasteiger partial charge in [-0.15, -0.1) is 0 Å². The molecule has 2 fully saturated rings. The number of hydrogen-bond acceptors (Lipinski definition) is 5. The van der Waals surface area contributed by atoms with Crippen LogP contribution in [0.4, 0.5) is 5.82 Å². The summed E-state index contributed by atoms with van der Waals surface area (Å²) in [5.41, 5.74) is 0.415. The molecule has 2 aliphatic rings. The van der Waals surface area contributed by atoms with Crippen LogP contribution in [0.25, 0.3) is 0 Å². The van der Waals surface area contributed by atoms with Crippen molar-refractivity contribution in [1.29, 1.82) is 0 Å². The minimum Gasteiger partial charge on any atom is -0.467 e. The lowest BCUT2D eigenvalue weighted by atomic mass is 9.78. The molecule has 0 radical (unpaired) electrons. The predicted molar refractivity (Wildman–Crippen MR) is 54.0 cm³/mol. The van der Waals surface area contributed by atoms with Crippen molar-refractivity contribution in [3.8, 4) is 6.01 Å². The largest absolute Gasteiger partial charge is 0.467 e. The third kappa shape index (κ3) is 1.34. The molecule has 0 bridgehead atoms. The average Bonchev–Trinajstić information content (AvgIpc) is 2.14. The van der Waals surface area contributed by atoms with E-state index in [0.717, 1.165) is 32.1 Å². The molecule has 15 heavy (non-hydrogen) atoms. The predicted octanol–water partition coefficient (Wildman–Crippen LogP) is 0.322. The van der Waals surface area contributed by atoms with Crippen molar-refractivity contribution in [3.05, 3.63) is 12.3 Å². The van der Waals surface area contributed by atoms with Gasteiger partial charge in [-0.1, -0.05) is 0 Å². The fourth-order valence-corrected chi connectivity index (χ4v) is 2.11. The highest BCUT2D eigenvalue weighted by atomic mass is 16.5. The Kier molecular flexibility index (Phi) is 1.82. The molecule has 3 rings (SSSR count). The molecule has 80 valence electrons. The Morgan fingerprint density at radius 3 is 2.87 bits per heavy atom. The summed E-state index contributed by atoms with van der Waals surface area (Å²) in [6.07, 6.45) is 1.73. The average molecular weight is 207 g/mol. The second-order valence-electron chi connectivity index (χ2n) is 4.25. The molecular weight excluding hydrogens is 194 g/mol. The molecule has 5 heteroatoms. The zero-order valence-electron chi connectivity index (χ0n) is 8.64. The Hall–Kier alpha value is -1.36. The lowest BCUT2D eigenvalue weighted by molar-refractivity contribution is -0.127. The highest BCUT2D eigenvalue weighted by Crippen LogP contribution is 2.39. The quantitative estimate of drug-likeness (QED) is 0.699. The van der Waals surface area contributed by atoms with Crippen LogP contribution in [0.15, 0.2) is 12.3 Å². The molecule has 0 N–H and O–H groups in total. The van der Waals surface area contributed by atoms with Crippen LogP contribution in [0.3, 0.4) is 0 Å². The van der Waals surface area contributed by atoms with E-state index in [2.05, 4.69) is 14.9 Å². The van der Waals surface area contributed by atoms with Crippen molar-refractivity contribution in [2.45, 2.75) is 0 Å². The molecule has 1 aromatic heterocycles. The molecule has 5 nitrogen and oxygen atoms in total. The minimum atomic E-state index is 0.415. The maximum absolute atomic E-state index is 5.22. The van der Waals surface area contributed by atoms with Crippen LogP contribution in [0.2, 0.25) is 0 Å². The van der Waals surface area contributed by atoms with E-state index in [0.29, 0.717) is 11.4 Å². The monoisotopic (exact) mass is 207 g/mol. The minimum absolute atomic E-state index is 0.415. The van der Waals surface area contributed by atoms with Crippen molar-refractivity contribution in [1.82, 2.24) is 9.97 Å². The Balaban J connectivity index is 1.72. The molecule has 0 atom stereocenters. The first-order valence-electron chi connectivity index (χ1n) is 5.01. The summed E-state index contributed by atoms with van der Waals surface area (Å²) in [6.45, 7) is 3.86. The molecule has 0 unspecified atom stereocenters. The first kappa shape index (κ1) is 8.91. The third-order valence-electron chi connectivity index (χ3n) is 2.99. The fraction of sp³-hybridized carbons (Fsp3) is 0.600. The second-order valence-corrected chi connectivity index (χ2v) is 4.25. The van der Waals surface area contributed by atoms with Gasteiger partial charge in [0.2, 0.25) is 0 Å². The van der Waals surface area contributed by atoms with Crippen LogP contribution in [-0.4, -0.2) is 43.4 Å². The Morgan fingerprint density at radius 1 is 1.47 bits per heavy atom. The van der Waals surface area contributed by atoms with Crippen LogP contribution in [0.1, 0.15) is 0 Å². The number of nitrogens with zero attached hydrogens (tertiary/aromatic N) is 3. The van der Waals surface area contributed by atoms with Gasteiger partial charge in [0.25, 0.3) is 0 Å². The van der Waals surface area contributed by atoms with Crippen LogP contribution in [0.5, 0.6) is 6.01 Å². The van der Waals surface area contributed by atoms with Gasteiger partial charge in [-0.3, -0.25) is 0 Å². The summed E-state index contributed by atoms with van der Waals surface area (Å²) in [4.78, 5) is 10.5. The number of rotatable bonds is 2. The Morgan fingerprint density at radius 2 is 2.27 bits per heavy atom. The number of anilines is 1. The van der Waals surface area contributed by atoms with E-state index in [1.165, 1.54) is 0 Å². The van der Waals surface area contributed by atoms with E-state index in [4.69, 9.17) is 9.47 Å². The van der Waals surface area contributed by atoms with Crippen LogP contribution < -0.4 is 9.64 Å². The van der Waals surface area contributed by atoms with Gasteiger partial charge in [-0.25, -0.2) is 4.98 Å². The fourth-order valence-electron chi connectivity index (χ4n) is 2.11. The maximum Gasteiger partial charge on any atom is 0.318 e. The number of aromatic nitrogens is 2. The SMILES string of the molecule is COc1nccc(N2CC3(COC3)C2)n1. The van der Waals surface area contributed by atoms with Gasteiger partial charge in [-0.05, 0) is 6.07 Å². The highest BCUT2D eigenvalue weighted by Gasteiger charge is 2.49. The summed E-state index contributed by atoms with van der Waals surface area (Å²) in [6, 6.07) is 2.34. The van der Waals surface area contributed by atoms with Gasteiger partial charge in [0.1, 0.15) is 5.82 Å². The first-order valence-corrected chi connectivity index (χ1v) is 5.01. The first-order chi connectivity index (χ1) is 7.31. The summed E-state index contributed by atoms with van der Waals surface area (Å²) < 4.78 is 10.2. The Bertz CT molecular complexity index is 371. The number of ether oxygens (including phenoxy) is 2. The summed E-state index contributed by atoms with van der Waals surface area (Å²) in [7, 11) is 1.58. The van der Waals surface area contributed by atoms with Crippen LogP contribution >= 0.6 is 0 Å². The van der Waals surface area contributed by atoms with Crippen LogP contribution in [-0.2, 0) is 4.74 Å². The Labute approximate surface area is 88.0 Å². The van der Waals surface area contributed by atoms with Crippen molar-refractivity contribution in [2.24, 2.45) is 5.41 Å².